The Morgan fingerprint density at radius 1 is 1.25 bits per heavy atom. The van der Waals surface area contributed by atoms with Crippen molar-refractivity contribution in [1.82, 2.24) is 4.98 Å². The van der Waals surface area contributed by atoms with Crippen LogP contribution < -0.4 is 10.6 Å². The molecule has 0 aliphatic carbocycles. The molecule has 2 rings (SSSR count). The predicted octanol–water partition coefficient (Wildman–Crippen LogP) is 3.04. The van der Waals surface area contributed by atoms with Gasteiger partial charge in [-0.1, -0.05) is 6.07 Å². The third-order valence-corrected chi connectivity index (χ3v) is 2.58. The van der Waals surface area contributed by atoms with Crippen molar-refractivity contribution in [3.05, 3.63) is 53.9 Å². The fourth-order valence-electron chi connectivity index (χ4n) is 1.62. The number of nitrogens with one attached hydrogen (secondary N) is 2. The number of hydrogen-bond acceptors (Lipinski definition) is 3. The molecule has 0 unspecified atom stereocenters. The molecule has 1 heterocycles. The highest BCUT2D eigenvalue weighted by molar-refractivity contribution is 6.03. The van der Waals surface area contributed by atoms with Gasteiger partial charge in [0.15, 0.2) is 11.6 Å². The molecule has 4 nitrogen and oxygen atoms in total. The van der Waals surface area contributed by atoms with Gasteiger partial charge >= 0.3 is 0 Å². The SMILES string of the molecule is CCNc1ccc(C(=O)Nc2cccc(F)c2F)nc1. The zero-order valence-electron chi connectivity index (χ0n) is 10.8. The summed E-state index contributed by atoms with van der Waals surface area (Å²) < 4.78 is 26.4. The Morgan fingerprint density at radius 3 is 2.70 bits per heavy atom. The number of pyridine rings is 1. The maximum Gasteiger partial charge on any atom is 0.274 e. The lowest BCUT2D eigenvalue weighted by atomic mass is 10.2. The molecule has 0 atom stereocenters. The molecular formula is C14H13F2N3O. The van der Waals surface area contributed by atoms with Crippen molar-refractivity contribution in [3.8, 4) is 0 Å². The summed E-state index contributed by atoms with van der Waals surface area (Å²) in [6.45, 7) is 2.68. The number of nitrogens with zero attached hydrogens (tertiary/aromatic N) is 1. The summed E-state index contributed by atoms with van der Waals surface area (Å²) in [7, 11) is 0. The van der Waals surface area contributed by atoms with Crippen LogP contribution in [0.25, 0.3) is 0 Å². The lowest BCUT2D eigenvalue weighted by Crippen LogP contribution is -2.15. The minimum Gasteiger partial charge on any atom is -0.384 e. The Bertz CT molecular complexity index is 614. The van der Waals surface area contributed by atoms with Crippen molar-refractivity contribution in [2.45, 2.75) is 6.92 Å². The highest BCUT2D eigenvalue weighted by Gasteiger charge is 2.12. The number of carbonyl (C=O) groups is 1. The van der Waals surface area contributed by atoms with Crippen LogP contribution in [0.15, 0.2) is 36.5 Å². The normalized spacial score (nSPS) is 10.2. The minimum atomic E-state index is -1.09. The van der Waals surface area contributed by atoms with E-state index in [-0.39, 0.29) is 11.4 Å². The second-order valence-electron chi connectivity index (χ2n) is 4.02. The quantitative estimate of drug-likeness (QED) is 0.903. The number of benzene rings is 1. The highest BCUT2D eigenvalue weighted by atomic mass is 19.2. The summed E-state index contributed by atoms with van der Waals surface area (Å²) in [5, 5.41) is 5.32. The van der Waals surface area contributed by atoms with Gasteiger partial charge in [-0.15, -0.1) is 0 Å². The summed E-state index contributed by atoms with van der Waals surface area (Å²) in [6.07, 6.45) is 1.50. The van der Waals surface area contributed by atoms with Gasteiger partial charge in [-0.2, -0.15) is 0 Å². The van der Waals surface area contributed by atoms with Crippen molar-refractivity contribution < 1.29 is 13.6 Å². The van der Waals surface area contributed by atoms with Crippen molar-refractivity contribution in [3.63, 3.8) is 0 Å². The third kappa shape index (κ3) is 3.09. The molecule has 20 heavy (non-hydrogen) atoms. The van der Waals surface area contributed by atoms with Crippen LogP contribution in [0.2, 0.25) is 0 Å². The molecule has 0 radical (unpaired) electrons. The number of hydrogen-bond donors (Lipinski definition) is 2. The molecule has 2 aromatic rings. The molecule has 0 aliphatic rings. The van der Waals surface area contributed by atoms with Crippen LogP contribution in [0, 0.1) is 11.6 Å². The topological polar surface area (TPSA) is 54.0 Å². The fraction of sp³-hybridized carbons (Fsp3) is 0.143. The minimum absolute atomic E-state index is 0.121. The maximum absolute atomic E-state index is 13.4. The van der Waals surface area contributed by atoms with Gasteiger partial charge < -0.3 is 10.6 Å². The molecule has 0 bridgehead atoms. The molecule has 2 N–H and O–H groups in total. The van der Waals surface area contributed by atoms with E-state index in [4.69, 9.17) is 0 Å². The Balaban J connectivity index is 2.13. The van der Waals surface area contributed by atoms with Crippen LogP contribution >= 0.6 is 0 Å². The summed E-state index contributed by atoms with van der Waals surface area (Å²) in [6, 6.07) is 6.77. The zero-order valence-corrected chi connectivity index (χ0v) is 10.8. The molecular weight excluding hydrogens is 264 g/mol. The molecule has 1 aromatic carbocycles. The van der Waals surface area contributed by atoms with E-state index in [0.717, 1.165) is 18.3 Å². The number of carbonyl (C=O) groups excluding carboxylic acids is 1. The molecule has 1 amide bonds. The van der Waals surface area contributed by atoms with Crippen LogP contribution in [0.4, 0.5) is 20.2 Å². The molecule has 0 saturated carbocycles. The molecule has 104 valence electrons. The molecule has 0 fully saturated rings. The fourth-order valence-corrected chi connectivity index (χ4v) is 1.62. The maximum atomic E-state index is 13.4. The molecule has 0 spiro atoms. The predicted molar refractivity (Wildman–Crippen MR) is 72.7 cm³/mol. The van der Waals surface area contributed by atoms with Gasteiger partial charge in [-0.25, -0.2) is 13.8 Å². The lowest BCUT2D eigenvalue weighted by molar-refractivity contribution is 0.102. The van der Waals surface area contributed by atoms with Crippen molar-refractivity contribution >= 4 is 17.3 Å². The summed E-state index contributed by atoms with van der Waals surface area (Å²) in [5.41, 5.74) is 0.684. The van der Waals surface area contributed by atoms with Crippen LogP contribution in [0.3, 0.4) is 0 Å². The molecule has 0 aliphatic heterocycles. The monoisotopic (exact) mass is 277 g/mol. The largest absolute Gasteiger partial charge is 0.384 e. The second kappa shape index (κ2) is 6.10. The van der Waals surface area contributed by atoms with Gasteiger partial charge in [0.05, 0.1) is 17.6 Å². The van der Waals surface area contributed by atoms with E-state index >= 15 is 0 Å². The van der Waals surface area contributed by atoms with Crippen molar-refractivity contribution in [2.75, 3.05) is 17.2 Å². The van der Waals surface area contributed by atoms with E-state index in [2.05, 4.69) is 15.6 Å². The van der Waals surface area contributed by atoms with E-state index in [9.17, 15) is 13.6 Å². The first-order chi connectivity index (χ1) is 9.61. The van der Waals surface area contributed by atoms with E-state index < -0.39 is 17.5 Å². The number of aromatic nitrogens is 1. The van der Waals surface area contributed by atoms with Crippen LogP contribution in [-0.2, 0) is 0 Å². The van der Waals surface area contributed by atoms with Gasteiger partial charge in [0.1, 0.15) is 5.69 Å². The van der Waals surface area contributed by atoms with E-state index in [0.29, 0.717) is 0 Å². The summed E-state index contributed by atoms with van der Waals surface area (Å²) >= 11 is 0. The molecule has 0 saturated heterocycles. The molecule has 1 aromatic heterocycles. The van der Waals surface area contributed by atoms with Crippen molar-refractivity contribution in [2.24, 2.45) is 0 Å². The van der Waals surface area contributed by atoms with E-state index in [1.165, 1.54) is 24.4 Å². The number of amides is 1. The van der Waals surface area contributed by atoms with Gasteiger partial charge in [0.25, 0.3) is 5.91 Å². The lowest BCUT2D eigenvalue weighted by Gasteiger charge is -2.07. The van der Waals surface area contributed by atoms with Gasteiger partial charge in [-0.3, -0.25) is 4.79 Å². The average molecular weight is 277 g/mol. The Labute approximate surface area is 114 Å². The number of anilines is 2. The van der Waals surface area contributed by atoms with E-state index in [1.807, 2.05) is 6.92 Å². The third-order valence-electron chi connectivity index (χ3n) is 2.58. The highest BCUT2D eigenvalue weighted by Crippen LogP contribution is 2.17. The van der Waals surface area contributed by atoms with Crippen LogP contribution in [0.5, 0.6) is 0 Å². The van der Waals surface area contributed by atoms with Gasteiger partial charge in [-0.05, 0) is 31.2 Å². The number of rotatable bonds is 4. The van der Waals surface area contributed by atoms with E-state index in [1.54, 1.807) is 6.07 Å². The zero-order chi connectivity index (χ0) is 14.5. The smallest absolute Gasteiger partial charge is 0.274 e. The van der Waals surface area contributed by atoms with Crippen LogP contribution in [-0.4, -0.2) is 17.4 Å². The first-order valence-electron chi connectivity index (χ1n) is 6.07. The number of halogens is 2. The summed E-state index contributed by atoms with van der Waals surface area (Å²) in [4.78, 5) is 15.8. The van der Waals surface area contributed by atoms with Gasteiger partial charge in [0, 0.05) is 6.54 Å². The van der Waals surface area contributed by atoms with Gasteiger partial charge in [0.2, 0.25) is 0 Å². The molecule has 6 heteroatoms. The van der Waals surface area contributed by atoms with Crippen molar-refractivity contribution in [1.29, 1.82) is 0 Å². The standard InChI is InChI=1S/C14H13F2N3O/c1-2-17-9-6-7-12(18-8-9)14(20)19-11-5-3-4-10(15)13(11)16/h3-8,17H,2H2,1H3,(H,19,20). The Hall–Kier alpha value is -2.50. The summed E-state index contributed by atoms with van der Waals surface area (Å²) in [5.74, 6) is -2.71. The average Bonchev–Trinajstić information content (AvgIpc) is 2.45. The first kappa shape index (κ1) is 13.9. The Morgan fingerprint density at radius 2 is 2.05 bits per heavy atom. The first-order valence-corrected chi connectivity index (χ1v) is 6.07. The van der Waals surface area contributed by atoms with Crippen LogP contribution in [0.1, 0.15) is 17.4 Å². The Kier molecular flexibility index (Phi) is 4.24. The second-order valence-corrected chi connectivity index (χ2v) is 4.02.